The highest BCUT2D eigenvalue weighted by Crippen LogP contribution is 2.19. The average molecular weight is 302 g/mol. The number of hydrogen-bond donors (Lipinski definition) is 1. The fourth-order valence-corrected chi connectivity index (χ4v) is 4.53. The number of rotatable bonds is 6. The van der Waals surface area contributed by atoms with Crippen LogP contribution in [0.15, 0.2) is 6.33 Å². The maximum atomic E-state index is 5.11. The molecule has 1 atom stereocenters. The molecule has 1 N–H and O–H groups in total. The first-order valence-electron chi connectivity index (χ1n) is 6.59. The molecule has 0 spiro atoms. The Labute approximate surface area is 123 Å². The first-order chi connectivity index (χ1) is 9.31. The third-order valence-corrected chi connectivity index (χ3v) is 5.59. The van der Waals surface area contributed by atoms with Gasteiger partial charge in [0.05, 0.1) is 12.6 Å². The summed E-state index contributed by atoms with van der Waals surface area (Å²) in [4.78, 5) is 0. The van der Waals surface area contributed by atoms with Crippen LogP contribution in [0, 0.1) is 0 Å². The van der Waals surface area contributed by atoms with Crippen LogP contribution in [-0.2, 0) is 11.3 Å². The lowest BCUT2D eigenvalue weighted by Crippen LogP contribution is -2.36. The number of nitrogens with zero attached hydrogens (tertiary/aromatic N) is 3. The van der Waals surface area contributed by atoms with Crippen molar-refractivity contribution in [3.05, 3.63) is 12.2 Å². The first-order valence-corrected chi connectivity index (χ1v) is 8.90. The molecule has 0 amide bonds. The summed E-state index contributed by atoms with van der Waals surface area (Å²) < 4.78 is 7.18. The summed E-state index contributed by atoms with van der Waals surface area (Å²) >= 11 is 4.07. The Morgan fingerprint density at radius 1 is 1.47 bits per heavy atom. The minimum atomic E-state index is 0.226. The van der Waals surface area contributed by atoms with Crippen molar-refractivity contribution in [2.24, 2.45) is 0 Å². The smallest absolute Gasteiger partial charge is 0.149 e. The van der Waals surface area contributed by atoms with E-state index in [1.54, 1.807) is 13.4 Å². The molecule has 0 radical (unpaired) electrons. The van der Waals surface area contributed by atoms with Gasteiger partial charge in [0.15, 0.2) is 0 Å². The number of ether oxygens (including phenoxy) is 1. The van der Waals surface area contributed by atoms with Gasteiger partial charge in [-0.15, -0.1) is 10.2 Å². The highest BCUT2D eigenvalue weighted by atomic mass is 32.2. The zero-order valence-electron chi connectivity index (χ0n) is 11.5. The van der Waals surface area contributed by atoms with Crippen molar-refractivity contribution in [2.75, 3.05) is 36.7 Å². The fourth-order valence-electron chi connectivity index (χ4n) is 2.10. The molecule has 19 heavy (non-hydrogen) atoms. The number of methoxy groups -OCH3 is 1. The molecule has 2 rings (SSSR count). The van der Waals surface area contributed by atoms with Gasteiger partial charge in [0.25, 0.3) is 0 Å². The predicted octanol–water partition coefficient (Wildman–Crippen LogP) is 1.42. The van der Waals surface area contributed by atoms with Gasteiger partial charge in [-0.25, -0.2) is 0 Å². The second-order valence-electron chi connectivity index (χ2n) is 4.61. The first kappa shape index (κ1) is 15.2. The molecule has 2 heterocycles. The molecule has 7 heteroatoms. The topological polar surface area (TPSA) is 52.0 Å². The van der Waals surface area contributed by atoms with Crippen LogP contribution in [0.2, 0.25) is 0 Å². The van der Waals surface area contributed by atoms with Crippen LogP contribution in [-0.4, -0.2) is 57.5 Å². The lowest BCUT2D eigenvalue weighted by atomic mass is 10.2. The largest absolute Gasteiger partial charge is 0.383 e. The third-order valence-electron chi connectivity index (χ3n) is 3.06. The van der Waals surface area contributed by atoms with Crippen molar-refractivity contribution in [3.8, 4) is 0 Å². The molecule has 108 valence electrons. The van der Waals surface area contributed by atoms with Crippen molar-refractivity contribution < 1.29 is 4.74 Å². The van der Waals surface area contributed by atoms with Crippen LogP contribution < -0.4 is 5.32 Å². The Bertz CT molecular complexity index is 366. The summed E-state index contributed by atoms with van der Waals surface area (Å²) in [6.45, 7) is 3.65. The molecule has 0 aromatic carbocycles. The van der Waals surface area contributed by atoms with E-state index in [0.717, 1.165) is 12.4 Å². The van der Waals surface area contributed by atoms with E-state index in [1.165, 1.54) is 23.0 Å². The molecule has 0 bridgehead atoms. The van der Waals surface area contributed by atoms with E-state index in [4.69, 9.17) is 4.74 Å². The zero-order chi connectivity index (χ0) is 13.5. The molecule has 1 aromatic rings. The van der Waals surface area contributed by atoms with Crippen LogP contribution in [0.4, 0.5) is 0 Å². The highest BCUT2D eigenvalue weighted by molar-refractivity contribution is 8.03. The lowest BCUT2D eigenvalue weighted by molar-refractivity contribution is 0.185. The normalized spacial score (nSPS) is 19.3. The van der Waals surface area contributed by atoms with Crippen LogP contribution in [0.25, 0.3) is 0 Å². The van der Waals surface area contributed by atoms with Gasteiger partial charge >= 0.3 is 0 Å². The molecule has 1 aromatic heterocycles. The lowest BCUT2D eigenvalue weighted by Gasteiger charge is -2.21. The zero-order valence-corrected chi connectivity index (χ0v) is 13.2. The fraction of sp³-hybridized carbons (Fsp3) is 0.833. The van der Waals surface area contributed by atoms with Crippen LogP contribution in [0.5, 0.6) is 0 Å². The van der Waals surface area contributed by atoms with Crippen molar-refractivity contribution in [1.29, 1.82) is 0 Å². The van der Waals surface area contributed by atoms with Crippen molar-refractivity contribution in [2.45, 2.75) is 25.6 Å². The van der Waals surface area contributed by atoms with Gasteiger partial charge in [-0.2, -0.15) is 23.5 Å². The Morgan fingerprint density at radius 3 is 2.89 bits per heavy atom. The number of aromatic nitrogens is 3. The van der Waals surface area contributed by atoms with Gasteiger partial charge < -0.3 is 14.6 Å². The number of hydrogen-bond acceptors (Lipinski definition) is 6. The number of nitrogens with one attached hydrogen (secondary N) is 1. The summed E-state index contributed by atoms with van der Waals surface area (Å²) in [5, 5.41) is 11.9. The minimum absolute atomic E-state index is 0.226. The summed E-state index contributed by atoms with van der Waals surface area (Å²) in [7, 11) is 1.71. The van der Waals surface area contributed by atoms with Gasteiger partial charge in [0.1, 0.15) is 12.2 Å². The Balaban J connectivity index is 1.91. The quantitative estimate of drug-likeness (QED) is 0.858. The monoisotopic (exact) mass is 302 g/mol. The molecule has 1 aliphatic rings. The Hall–Kier alpha value is -0.240. The molecule has 1 aliphatic heterocycles. The predicted molar refractivity (Wildman–Crippen MR) is 81.9 cm³/mol. The second kappa shape index (κ2) is 8.14. The van der Waals surface area contributed by atoms with Crippen molar-refractivity contribution in [3.63, 3.8) is 0 Å². The van der Waals surface area contributed by atoms with E-state index in [2.05, 4.69) is 27.0 Å². The summed E-state index contributed by atoms with van der Waals surface area (Å²) in [6, 6.07) is 0.781. The summed E-state index contributed by atoms with van der Waals surface area (Å²) in [5.41, 5.74) is 0. The van der Waals surface area contributed by atoms with E-state index in [0.29, 0.717) is 12.6 Å². The van der Waals surface area contributed by atoms with E-state index in [-0.39, 0.29) is 6.04 Å². The van der Waals surface area contributed by atoms with Gasteiger partial charge in [-0.05, 0) is 6.92 Å². The van der Waals surface area contributed by atoms with Crippen molar-refractivity contribution >= 4 is 23.5 Å². The average Bonchev–Trinajstić information content (AvgIpc) is 2.74. The van der Waals surface area contributed by atoms with Crippen molar-refractivity contribution in [1.82, 2.24) is 20.1 Å². The summed E-state index contributed by atoms with van der Waals surface area (Å²) in [5.74, 6) is 5.89. The second-order valence-corrected chi connectivity index (χ2v) is 6.91. The highest BCUT2D eigenvalue weighted by Gasteiger charge is 2.19. The van der Waals surface area contributed by atoms with Crippen LogP contribution in [0.3, 0.4) is 0 Å². The molecule has 0 aliphatic carbocycles. The maximum absolute atomic E-state index is 5.11. The molecule has 5 nitrogen and oxygen atoms in total. The van der Waals surface area contributed by atoms with E-state index in [1.807, 2.05) is 23.5 Å². The Kier molecular flexibility index (Phi) is 6.49. The molecular formula is C12H22N4OS2. The van der Waals surface area contributed by atoms with E-state index in [9.17, 15) is 0 Å². The van der Waals surface area contributed by atoms with Crippen LogP contribution >= 0.6 is 23.5 Å². The standard InChI is InChI=1S/C12H22N4OS2/c1-10(14-11-7-18-5-6-19-8-11)12-15-13-9-16(12)3-4-17-2/h9-11,14H,3-8H2,1-2H3/t10-/m1/s1. The van der Waals surface area contributed by atoms with Gasteiger partial charge in [-0.1, -0.05) is 0 Å². The number of thioether (sulfide) groups is 2. The minimum Gasteiger partial charge on any atom is -0.383 e. The van der Waals surface area contributed by atoms with Crippen LogP contribution in [0.1, 0.15) is 18.8 Å². The van der Waals surface area contributed by atoms with Gasteiger partial charge in [-0.3, -0.25) is 0 Å². The molecular weight excluding hydrogens is 280 g/mol. The van der Waals surface area contributed by atoms with Gasteiger partial charge in [0, 0.05) is 42.7 Å². The Morgan fingerprint density at radius 2 is 2.21 bits per heavy atom. The maximum Gasteiger partial charge on any atom is 0.149 e. The molecule has 0 unspecified atom stereocenters. The molecule has 0 saturated carbocycles. The van der Waals surface area contributed by atoms with E-state index < -0.39 is 0 Å². The third kappa shape index (κ3) is 4.66. The summed E-state index contributed by atoms with van der Waals surface area (Å²) in [6.07, 6.45) is 1.78. The molecule has 1 saturated heterocycles. The van der Waals surface area contributed by atoms with E-state index >= 15 is 0 Å². The SMILES string of the molecule is COCCn1cnnc1[C@@H](C)NC1CSCCSC1. The van der Waals surface area contributed by atoms with Gasteiger partial charge in [0.2, 0.25) is 0 Å². The molecule has 1 fully saturated rings.